The molecule has 0 saturated heterocycles. The summed E-state index contributed by atoms with van der Waals surface area (Å²) in [6.07, 6.45) is 1.17. The van der Waals surface area contributed by atoms with Gasteiger partial charge in [-0.2, -0.15) is 8.42 Å². The molecule has 0 saturated carbocycles. The van der Waals surface area contributed by atoms with Gasteiger partial charge in [0.1, 0.15) is 4.90 Å². The average Bonchev–Trinajstić information content (AvgIpc) is 2.48. The van der Waals surface area contributed by atoms with E-state index in [0.717, 1.165) is 12.1 Å². The molecular weight excluding hydrogens is 335 g/mol. The number of hydrogen-bond donors (Lipinski definition) is 1. The maximum Gasteiger partial charge on any atom is 0.339 e. The Morgan fingerprint density at radius 2 is 1.57 bits per heavy atom. The van der Waals surface area contributed by atoms with Crippen molar-refractivity contribution in [3.8, 4) is 0 Å². The Kier molecular flexibility index (Phi) is 9.64. The van der Waals surface area contributed by atoms with E-state index in [9.17, 15) is 22.6 Å². The predicted molar refractivity (Wildman–Crippen MR) is 83.2 cm³/mol. The fourth-order valence-corrected chi connectivity index (χ4v) is 2.29. The largest absolute Gasteiger partial charge is 0.462 e. The van der Waals surface area contributed by atoms with Crippen molar-refractivity contribution in [1.29, 1.82) is 0 Å². The summed E-state index contributed by atoms with van der Waals surface area (Å²) in [6, 6.07) is 3.26. The molecular formula is C14H18NaO7S. The number of rotatable bonds is 7. The summed E-state index contributed by atoms with van der Waals surface area (Å²) in [4.78, 5) is 22.9. The molecule has 0 fully saturated rings. The van der Waals surface area contributed by atoms with E-state index in [1.54, 1.807) is 6.92 Å². The van der Waals surface area contributed by atoms with E-state index in [2.05, 4.69) is 0 Å². The maximum atomic E-state index is 11.8. The molecule has 0 bridgehead atoms. The number of carbonyl (C=O) groups excluding carboxylic acids is 2. The van der Waals surface area contributed by atoms with Gasteiger partial charge < -0.3 is 9.47 Å². The summed E-state index contributed by atoms with van der Waals surface area (Å²) < 4.78 is 41.8. The third-order valence-corrected chi connectivity index (χ3v) is 3.48. The fraction of sp³-hybridized carbons (Fsp3) is 0.429. The topological polar surface area (TPSA) is 107 Å². The van der Waals surface area contributed by atoms with Crippen molar-refractivity contribution in [3.05, 3.63) is 29.3 Å². The van der Waals surface area contributed by atoms with Crippen LogP contribution in [-0.4, -0.2) is 67.7 Å². The van der Waals surface area contributed by atoms with Gasteiger partial charge in [0.05, 0.1) is 24.3 Å². The van der Waals surface area contributed by atoms with E-state index in [-0.39, 0.29) is 53.9 Å². The van der Waals surface area contributed by atoms with E-state index < -0.39 is 27.0 Å². The van der Waals surface area contributed by atoms with Gasteiger partial charge in [-0.25, -0.2) is 9.59 Å². The van der Waals surface area contributed by atoms with E-state index in [1.165, 1.54) is 6.07 Å². The van der Waals surface area contributed by atoms with Crippen molar-refractivity contribution >= 4 is 51.6 Å². The molecule has 123 valence electrons. The van der Waals surface area contributed by atoms with E-state index in [4.69, 9.17) is 9.47 Å². The van der Waals surface area contributed by atoms with Crippen molar-refractivity contribution < 1.29 is 32.0 Å². The zero-order valence-electron chi connectivity index (χ0n) is 13.4. The Morgan fingerprint density at radius 3 is 2.04 bits per heavy atom. The van der Waals surface area contributed by atoms with Crippen LogP contribution in [0.3, 0.4) is 0 Å². The van der Waals surface area contributed by atoms with Crippen LogP contribution >= 0.6 is 0 Å². The van der Waals surface area contributed by atoms with E-state index in [1.807, 2.05) is 6.92 Å². The number of benzene rings is 1. The summed E-state index contributed by atoms with van der Waals surface area (Å²) in [6.45, 7) is 3.89. The van der Waals surface area contributed by atoms with Crippen molar-refractivity contribution in [2.75, 3.05) is 13.2 Å². The monoisotopic (exact) mass is 353 g/mol. The van der Waals surface area contributed by atoms with Crippen LogP contribution in [0.2, 0.25) is 0 Å². The molecule has 9 heteroatoms. The van der Waals surface area contributed by atoms with Crippen LogP contribution in [0.5, 0.6) is 0 Å². The molecule has 23 heavy (non-hydrogen) atoms. The third-order valence-electron chi connectivity index (χ3n) is 2.59. The minimum Gasteiger partial charge on any atom is -0.462 e. The standard InChI is InChI=1S/C14H18O7S.Na/c1-3-7-20-13(15)10-5-6-11(14(16)21-8-4-2)12(9-10)22(17,18)19;/h5-6,9H,3-4,7-8H2,1-2H3,(H,17,18,19);. The summed E-state index contributed by atoms with van der Waals surface area (Å²) in [5, 5.41) is 0. The molecule has 1 aromatic carbocycles. The fourth-order valence-electron chi connectivity index (χ4n) is 1.58. The van der Waals surface area contributed by atoms with Gasteiger partial charge in [0.25, 0.3) is 10.1 Å². The molecule has 0 aromatic heterocycles. The second-order valence-electron chi connectivity index (χ2n) is 4.46. The second kappa shape index (κ2) is 10.0. The summed E-state index contributed by atoms with van der Waals surface area (Å²) in [5.41, 5.74) is -0.406. The SMILES string of the molecule is CCCOC(=O)c1ccc(C(=O)OCCC)c(S(=O)(=O)O)c1.[Na]. The zero-order chi connectivity index (χ0) is 16.8. The number of hydrogen-bond acceptors (Lipinski definition) is 6. The van der Waals surface area contributed by atoms with Crippen molar-refractivity contribution in [2.45, 2.75) is 31.6 Å². The molecule has 1 radical (unpaired) electrons. The van der Waals surface area contributed by atoms with Crippen LogP contribution in [0, 0.1) is 0 Å². The first-order chi connectivity index (χ1) is 10.3. The molecule has 0 unspecified atom stereocenters. The van der Waals surface area contributed by atoms with Gasteiger partial charge in [0.15, 0.2) is 0 Å². The Labute approximate surface area is 157 Å². The van der Waals surface area contributed by atoms with E-state index in [0.29, 0.717) is 12.8 Å². The van der Waals surface area contributed by atoms with Crippen LogP contribution in [0.15, 0.2) is 23.1 Å². The van der Waals surface area contributed by atoms with Crippen LogP contribution in [-0.2, 0) is 19.6 Å². The van der Waals surface area contributed by atoms with Crippen LogP contribution in [0.4, 0.5) is 0 Å². The van der Waals surface area contributed by atoms with Gasteiger partial charge in [-0.05, 0) is 31.0 Å². The van der Waals surface area contributed by atoms with Crippen molar-refractivity contribution in [2.24, 2.45) is 0 Å². The first kappa shape index (κ1) is 22.1. The summed E-state index contributed by atoms with van der Waals surface area (Å²) >= 11 is 0. The number of carbonyl (C=O) groups is 2. The molecule has 1 N–H and O–H groups in total. The first-order valence-corrected chi connectivity index (χ1v) is 8.21. The molecule has 0 aliphatic carbocycles. The van der Waals surface area contributed by atoms with Gasteiger partial charge in [0, 0.05) is 29.6 Å². The van der Waals surface area contributed by atoms with Crippen molar-refractivity contribution in [3.63, 3.8) is 0 Å². The van der Waals surface area contributed by atoms with E-state index >= 15 is 0 Å². The predicted octanol–water partition coefficient (Wildman–Crippen LogP) is 1.69. The Bertz CT molecular complexity index is 655. The summed E-state index contributed by atoms with van der Waals surface area (Å²) in [7, 11) is -4.69. The zero-order valence-corrected chi connectivity index (χ0v) is 16.2. The normalized spacial score (nSPS) is 10.6. The number of esters is 2. The molecule has 7 nitrogen and oxygen atoms in total. The Balaban J connectivity index is 0.00000484. The third kappa shape index (κ3) is 6.60. The summed E-state index contributed by atoms with van der Waals surface area (Å²) in [5.74, 6) is -1.62. The van der Waals surface area contributed by atoms with Gasteiger partial charge in [-0.15, -0.1) is 0 Å². The second-order valence-corrected chi connectivity index (χ2v) is 5.85. The molecule has 1 rings (SSSR count). The Morgan fingerprint density at radius 1 is 1.04 bits per heavy atom. The molecule has 0 aliphatic heterocycles. The maximum absolute atomic E-state index is 11.8. The molecule has 0 atom stereocenters. The number of ether oxygens (including phenoxy) is 2. The van der Waals surface area contributed by atoms with Crippen LogP contribution < -0.4 is 0 Å². The average molecular weight is 353 g/mol. The van der Waals surface area contributed by atoms with Gasteiger partial charge in [-0.3, -0.25) is 4.55 Å². The molecule has 0 heterocycles. The Hall–Kier alpha value is -0.930. The molecule has 0 amide bonds. The smallest absolute Gasteiger partial charge is 0.339 e. The first-order valence-electron chi connectivity index (χ1n) is 6.77. The van der Waals surface area contributed by atoms with Crippen LogP contribution in [0.1, 0.15) is 47.4 Å². The minimum atomic E-state index is -4.69. The minimum absolute atomic E-state index is 0. The molecule has 0 spiro atoms. The quantitative estimate of drug-likeness (QED) is 0.451. The molecule has 0 aliphatic rings. The molecule has 1 aromatic rings. The van der Waals surface area contributed by atoms with Gasteiger partial charge >= 0.3 is 11.9 Å². The van der Waals surface area contributed by atoms with Crippen LogP contribution in [0.25, 0.3) is 0 Å². The van der Waals surface area contributed by atoms with Gasteiger partial charge in [0.2, 0.25) is 0 Å². The van der Waals surface area contributed by atoms with Crippen molar-refractivity contribution in [1.82, 2.24) is 0 Å². The van der Waals surface area contributed by atoms with Gasteiger partial charge in [-0.1, -0.05) is 13.8 Å².